The lowest BCUT2D eigenvalue weighted by Gasteiger charge is -2.39. The highest BCUT2D eigenvalue weighted by atomic mass is 32.2. The molecule has 27 heavy (non-hydrogen) atoms. The van der Waals surface area contributed by atoms with E-state index in [2.05, 4.69) is 24.0 Å². The van der Waals surface area contributed by atoms with Gasteiger partial charge in [-0.05, 0) is 38.0 Å². The van der Waals surface area contributed by atoms with Crippen molar-refractivity contribution in [2.45, 2.75) is 31.2 Å². The third kappa shape index (κ3) is 4.64. The van der Waals surface area contributed by atoms with E-state index in [9.17, 15) is 13.2 Å². The van der Waals surface area contributed by atoms with E-state index in [1.807, 2.05) is 18.2 Å². The number of benzene rings is 2. The minimum absolute atomic E-state index is 0.133. The van der Waals surface area contributed by atoms with Gasteiger partial charge in [-0.3, -0.25) is 9.69 Å². The van der Waals surface area contributed by atoms with Gasteiger partial charge >= 0.3 is 0 Å². The van der Waals surface area contributed by atoms with Crippen molar-refractivity contribution in [3.05, 3.63) is 65.7 Å². The molecular formula is C21H26N2O3S. The predicted octanol–water partition coefficient (Wildman–Crippen LogP) is 2.83. The SMILES string of the molecule is CC(=O)c1cccc(S(=O)(=O)N2CCN(CCc3ccccc3)C(C)C2)c1. The third-order valence-electron chi connectivity index (χ3n) is 5.14. The van der Waals surface area contributed by atoms with Crippen LogP contribution in [0.15, 0.2) is 59.5 Å². The quantitative estimate of drug-likeness (QED) is 0.717. The Morgan fingerprint density at radius 3 is 2.48 bits per heavy atom. The summed E-state index contributed by atoms with van der Waals surface area (Å²) >= 11 is 0. The first-order chi connectivity index (χ1) is 12.9. The minimum Gasteiger partial charge on any atom is -0.298 e. The molecule has 0 N–H and O–H groups in total. The number of hydrogen-bond donors (Lipinski definition) is 0. The van der Waals surface area contributed by atoms with Crippen LogP contribution in [-0.2, 0) is 16.4 Å². The summed E-state index contributed by atoms with van der Waals surface area (Å²) in [6.45, 7) is 6.06. The number of rotatable bonds is 6. The second-order valence-corrected chi connectivity index (χ2v) is 9.01. The van der Waals surface area contributed by atoms with Gasteiger partial charge in [0.15, 0.2) is 5.78 Å². The molecule has 3 rings (SSSR count). The molecule has 1 fully saturated rings. The average molecular weight is 387 g/mol. The standard InChI is InChI=1S/C21H26N2O3S/c1-17-16-23(14-13-22(17)12-11-19-7-4-3-5-8-19)27(25,26)21-10-6-9-20(15-21)18(2)24/h3-10,15,17H,11-14,16H2,1-2H3. The Kier molecular flexibility index (Phi) is 6.09. The van der Waals surface area contributed by atoms with Crippen molar-refractivity contribution in [2.24, 2.45) is 0 Å². The number of carbonyl (C=O) groups excluding carboxylic acids is 1. The van der Waals surface area contributed by atoms with Gasteiger partial charge in [-0.15, -0.1) is 0 Å². The Balaban J connectivity index is 1.66. The first-order valence-electron chi connectivity index (χ1n) is 9.27. The van der Waals surface area contributed by atoms with E-state index in [4.69, 9.17) is 0 Å². The van der Waals surface area contributed by atoms with Gasteiger partial charge < -0.3 is 0 Å². The molecule has 5 nitrogen and oxygen atoms in total. The highest BCUT2D eigenvalue weighted by Gasteiger charge is 2.32. The van der Waals surface area contributed by atoms with E-state index in [1.54, 1.807) is 18.2 Å². The van der Waals surface area contributed by atoms with Crippen molar-refractivity contribution in [1.82, 2.24) is 9.21 Å². The van der Waals surface area contributed by atoms with E-state index in [1.165, 1.54) is 22.9 Å². The Morgan fingerprint density at radius 1 is 1.07 bits per heavy atom. The Morgan fingerprint density at radius 2 is 1.81 bits per heavy atom. The average Bonchev–Trinajstić information content (AvgIpc) is 2.68. The van der Waals surface area contributed by atoms with Crippen LogP contribution in [0.2, 0.25) is 0 Å². The largest absolute Gasteiger partial charge is 0.298 e. The van der Waals surface area contributed by atoms with Crippen LogP contribution >= 0.6 is 0 Å². The summed E-state index contributed by atoms with van der Waals surface area (Å²) in [5.74, 6) is -0.133. The summed E-state index contributed by atoms with van der Waals surface area (Å²) in [6.07, 6.45) is 0.957. The number of hydrogen-bond acceptors (Lipinski definition) is 4. The zero-order valence-corrected chi connectivity index (χ0v) is 16.7. The van der Waals surface area contributed by atoms with Crippen LogP contribution in [0, 0.1) is 0 Å². The molecule has 0 spiro atoms. The maximum Gasteiger partial charge on any atom is 0.243 e. The molecule has 0 saturated carbocycles. The molecule has 1 saturated heterocycles. The molecule has 6 heteroatoms. The van der Waals surface area contributed by atoms with Gasteiger partial charge in [0.1, 0.15) is 0 Å². The van der Waals surface area contributed by atoms with Crippen molar-refractivity contribution < 1.29 is 13.2 Å². The summed E-state index contributed by atoms with van der Waals surface area (Å²) in [7, 11) is -3.59. The molecule has 2 aromatic rings. The normalized spacial score (nSPS) is 19.1. The molecule has 1 aliphatic rings. The molecule has 0 aliphatic carbocycles. The van der Waals surface area contributed by atoms with Crippen molar-refractivity contribution in [3.8, 4) is 0 Å². The van der Waals surface area contributed by atoms with Gasteiger partial charge in [0, 0.05) is 37.8 Å². The van der Waals surface area contributed by atoms with E-state index in [0.717, 1.165) is 13.0 Å². The molecule has 0 radical (unpaired) electrons. The van der Waals surface area contributed by atoms with Crippen LogP contribution in [0.3, 0.4) is 0 Å². The number of sulfonamides is 1. The zero-order valence-electron chi connectivity index (χ0n) is 15.8. The van der Waals surface area contributed by atoms with Crippen LogP contribution in [0.5, 0.6) is 0 Å². The van der Waals surface area contributed by atoms with Crippen molar-refractivity contribution in [3.63, 3.8) is 0 Å². The van der Waals surface area contributed by atoms with E-state index < -0.39 is 10.0 Å². The van der Waals surface area contributed by atoms with Gasteiger partial charge in [0.2, 0.25) is 10.0 Å². The molecule has 2 aromatic carbocycles. The zero-order chi connectivity index (χ0) is 19.4. The fraction of sp³-hybridized carbons (Fsp3) is 0.381. The molecular weight excluding hydrogens is 360 g/mol. The van der Waals surface area contributed by atoms with Crippen LogP contribution in [0.1, 0.15) is 29.8 Å². The molecule has 144 valence electrons. The lowest BCUT2D eigenvalue weighted by atomic mass is 10.1. The molecule has 0 bridgehead atoms. The van der Waals surface area contributed by atoms with Crippen molar-refractivity contribution >= 4 is 15.8 Å². The smallest absolute Gasteiger partial charge is 0.243 e. The van der Waals surface area contributed by atoms with Gasteiger partial charge in [-0.1, -0.05) is 42.5 Å². The number of carbonyl (C=O) groups is 1. The van der Waals surface area contributed by atoms with E-state index >= 15 is 0 Å². The molecule has 0 aromatic heterocycles. The number of Topliss-reactive ketones (excluding diaryl/α,β-unsaturated/α-hetero) is 1. The maximum atomic E-state index is 13.0. The van der Waals surface area contributed by atoms with Gasteiger partial charge in [0.25, 0.3) is 0 Å². The van der Waals surface area contributed by atoms with Crippen LogP contribution in [0.4, 0.5) is 0 Å². The number of piperazine rings is 1. The van der Waals surface area contributed by atoms with E-state index in [-0.39, 0.29) is 16.7 Å². The topological polar surface area (TPSA) is 57.7 Å². The first-order valence-corrected chi connectivity index (χ1v) is 10.7. The number of ketones is 1. The van der Waals surface area contributed by atoms with Gasteiger partial charge in [-0.2, -0.15) is 4.31 Å². The molecule has 1 atom stereocenters. The van der Waals surface area contributed by atoms with Crippen LogP contribution in [0.25, 0.3) is 0 Å². The molecule has 1 heterocycles. The fourth-order valence-corrected chi connectivity index (χ4v) is 5.01. The Hall–Kier alpha value is -2.02. The van der Waals surface area contributed by atoms with Crippen molar-refractivity contribution in [1.29, 1.82) is 0 Å². The lowest BCUT2D eigenvalue weighted by Crippen LogP contribution is -2.53. The molecule has 1 unspecified atom stereocenters. The summed E-state index contributed by atoms with van der Waals surface area (Å²) in [4.78, 5) is 14.1. The highest BCUT2D eigenvalue weighted by Crippen LogP contribution is 2.21. The monoisotopic (exact) mass is 386 g/mol. The first kappa shape index (κ1) is 19.7. The molecule has 1 aliphatic heterocycles. The van der Waals surface area contributed by atoms with E-state index in [0.29, 0.717) is 25.2 Å². The summed E-state index contributed by atoms with van der Waals surface area (Å²) in [5, 5.41) is 0. The van der Waals surface area contributed by atoms with Crippen LogP contribution < -0.4 is 0 Å². The molecule has 0 amide bonds. The number of nitrogens with zero attached hydrogens (tertiary/aromatic N) is 2. The second-order valence-electron chi connectivity index (χ2n) is 7.07. The summed E-state index contributed by atoms with van der Waals surface area (Å²) < 4.78 is 27.5. The third-order valence-corrected chi connectivity index (χ3v) is 7.00. The lowest BCUT2D eigenvalue weighted by molar-refractivity contribution is 0.101. The predicted molar refractivity (Wildman–Crippen MR) is 106 cm³/mol. The van der Waals surface area contributed by atoms with Gasteiger partial charge in [-0.25, -0.2) is 8.42 Å². The van der Waals surface area contributed by atoms with Gasteiger partial charge in [0.05, 0.1) is 4.90 Å². The Bertz CT molecular complexity index is 897. The Labute approximate surface area is 161 Å². The van der Waals surface area contributed by atoms with Crippen molar-refractivity contribution in [2.75, 3.05) is 26.2 Å². The maximum absolute atomic E-state index is 13.0. The second kappa shape index (κ2) is 8.33. The summed E-state index contributed by atoms with van der Waals surface area (Å²) in [5.41, 5.74) is 1.71. The minimum atomic E-state index is -3.59. The highest BCUT2D eigenvalue weighted by molar-refractivity contribution is 7.89. The summed E-state index contributed by atoms with van der Waals surface area (Å²) in [6, 6.07) is 16.8. The fourth-order valence-electron chi connectivity index (χ4n) is 3.45. The van der Waals surface area contributed by atoms with Crippen LogP contribution in [-0.4, -0.2) is 55.6 Å².